The summed E-state index contributed by atoms with van der Waals surface area (Å²) in [6.07, 6.45) is 0. The van der Waals surface area contributed by atoms with Gasteiger partial charge in [-0.15, -0.1) is 0 Å². The average Bonchev–Trinajstić information content (AvgIpc) is 3.14. The summed E-state index contributed by atoms with van der Waals surface area (Å²) in [6.45, 7) is 6.22. The van der Waals surface area contributed by atoms with Crippen molar-refractivity contribution >= 4 is 35.8 Å². The average molecular weight is 495 g/mol. The number of thiol groups is 1. The molecular formula is C30H26N2O3S. The molecule has 0 aliphatic carbocycles. The monoisotopic (exact) mass is 494 g/mol. The van der Waals surface area contributed by atoms with Crippen LogP contribution in [0, 0.1) is 20.8 Å². The lowest BCUT2D eigenvalue weighted by molar-refractivity contribution is 0.0224. The van der Waals surface area contributed by atoms with E-state index < -0.39 is 5.60 Å². The van der Waals surface area contributed by atoms with Crippen molar-refractivity contribution in [3.05, 3.63) is 112 Å². The smallest absolute Gasteiger partial charge is 0.340 e. The number of carbonyl (C=O) groups excluding carboxylic acids is 1. The lowest BCUT2D eigenvalue weighted by atomic mass is 9.77. The number of hydrogen-bond acceptors (Lipinski definition) is 6. The van der Waals surface area contributed by atoms with Gasteiger partial charge in [0.2, 0.25) is 0 Å². The number of nitrogens with one attached hydrogen (secondary N) is 1. The fraction of sp³-hybridized carbons (Fsp3) is 0.167. The molecule has 1 atom stereocenters. The van der Waals surface area contributed by atoms with Gasteiger partial charge in [-0.1, -0.05) is 48.7 Å². The molecule has 0 radical (unpaired) electrons. The van der Waals surface area contributed by atoms with Gasteiger partial charge in [0, 0.05) is 41.2 Å². The van der Waals surface area contributed by atoms with E-state index in [9.17, 15) is 4.79 Å². The summed E-state index contributed by atoms with van der Waals surface area (Å²) < 4.78 is 14.5. The first-order valence-corrected chi connectivity index (χ1v) is 12.2. The second kappa shape index (κ2) is 8.07. The quantitative estimate of drug-likeness (QED) is 0.233. The SMILES string of the molecule is Cc1ccc(Nc2cc3c(cc2C)Oc2cc(N(C)S)ccc2C32OC(=O)c3ccccc32)c(C)c1. The molecule has 0 bridgehead atoms. The van der Waals surface area contributed by atoms with E-state index in [1.807, 2.05) is 62.5 Å². The number of aryl methyl sites for hydroxylation is 3. The molecule has 6 rings (SSSR count). The van der Waals surface area contributed by atoms with Crippen molar-refractivity contribution in [1.29, 1.82) is 0 Å². The van der Waals surface area contributed by atoms with Gasteiger partial charge in [-0.05, 0) is 68.3 Å². The molecule has 36 heavy (non-hydrogen) atoms. The van der Waals surface area contributed by atoms with E-state index in [1.54, 1.807) is 4.31 Å². The zero-order chi connectivity index (χ0) is 25.2. The lowest BCUT2D eigenvalue weighted by Gasteiger charge is -2.37. The van der Waals surface area contributed by atoms with Gasteiger partial charge in [-0.2, -0.15) is 0 Å². The highest BCUT2D eigenvalue weighted by Crippen LogP contribution is 2.57. The third-order valence-electron chi connectivity index (χ3n) is 7.07. The maximum absolute atomic E-state index is 13.2. The van der Waals surface area contributed by atoms with E-state index in [4.69, 9.17) is 9.47 Å². The topological polar surface area (TPSA) is 50.8 Å². The van der Waals surface area contributed by atoms with Crippen LogP contribution in [0.1, 0.15) is 43.7 Å². The van der Waals surface area contributed by atoms with E-state index >= 15 is 0 Å². The summed E-state index contributed by atoms with van der Waals surface area (Å²) in [4.78, 5) is 13.2. The second-order valence-electron chi connectivity index (χ2n) is 9.53. The van der Waals surface area contributed by atoms with Crippen LogP contribution in [-0.2, 0) is 10.3 Å². The fourth-order valence-electron chi connectivity index (χ4n) is 5.24. The van der Waals surface area contributed by atoms with Crippen LogP contribution in [-0.4, -0.2) is 13.0 Å². The zero-order valence-corrected chi connectivity index (χ0v) is 21.4. The van der Waals surface area contributed by atoms with E-state index in [0.717, 1.165) is 44.9 Å². The second-order valence-corrected chi connectivity index (χ2v) is 10.1. The van der Waals surface area contributed by atoms with Crippen molar-refractivity contribution in [2.75, 3.05) is 16.7 Å². The number of benzene rings is 4. The minimum Gasteiger partial charge on any atom is -0.456 e. The standard InChI is InChI=1S/C30H26N2O3S/c1-17-9-12-25(18(2)13-17)31-26-16-24-27(14-19(26)3)34-28-15-20(32(4)36)10-11-23(28)30(24)22-8-6-5-7-21(22)29(33)35-30/h5-16,31,36H,1-4H3. The molecule has 0 saturated heterocycles. The van der Waals surface area contributed by atoms with Crippen LogP contribution < -0.4 is 14.4 Å². The summed E-state index contributed by atoms with van der Waals surface area (Å²) in [7, 11) is 1.86. The van der Waals surface area contributed by atoms with Crippen LogP contribution in [0.3, 0.4) is 0 Å². The van der Waals surface area contributed by atoms with Crippen molar-refractivity contribution < 1.29 is 14.3 Å². The predicted molar refractivity (Wildman–Crippen MR) is 146 cm³/mol. The first kappa shape index (κ1) is 22.6. The molecule has 0 fully saturated rings. The van der Waals surface area contributed by atoms with Gasteiger partial charge in [0.05, 0.1) is 11.3 Å². The highest BCUT2D eigenvalue weighted by molar-refractivity contribution is 7.81. The molecule has 180 valence electrons. The summed E-state index contributed by atoms with van der Waals surface area (Å²) >= 11 is 4.45. The molecule has 4 aromatic rings. The number of esters is 1. The number of carbonyl (C=O) groups is 1. The van der Waals surface area contributed by atoms with E-state index in [0.29, 0.717) is 17.1 Å². The largest absolute Gasteiger partial charge is 0.456 e. The molecule has 5 nitrogen and oxygen atoms in total. The van der Waals surface area contributed by atoms with Crippen LogP contribution in [0.15, 0.2) is 72.8 Å². The lowest BCUT2D eigenvalue weighted by Crippen LogP contribution is -2.33. The van der Waals surface area contributed by atoms with Gasteiger partial charge in [0.15, 0.2) is 5.60 Å². The number of fused-ring (bicyclic) bond motifs is 6. The Labute approximate surface area is 216 Å². The van der Waals surface area contributed by atoms with Crippen LogP contribution in [0.25, 0.3) is 0 Å². The number of anilines is 3. The van der Waals surface area contributed by atoms with Crippen molar-refractivity contribution in [2.24, 2.45) is 0 Å². The summed E-state index contributed by atoms with van der Waals surface area (Å²) in [6, 6.07) is 23.8. The van der Waals surface area contributed by atoms with Gasteiger partial charge in [-0.3, -0.25) is 0 Å². The van der Waals surface area contributed by atoms with Gasteiger partial charge in [0.1, 0.15) is 11.5 Å². The first-order valence-electron chi connectivity index (χ1n) is 11.8. The normalized spacial score (nSPS) is 17.1. The van der Waals surface area contributed by atoms with Gasteiger partial charge < -0.3 is 19.1 Å². The molecule has 2 aliphatic heterocycles. The number of rotatable bonds is 3. The molecule has 2 aliphatic rings. The fourth-order valence-corrected chi connectivity index (χ4v) is 5.37. The van der Waals surface area contributed by atoms with Crippen LogP contribution in [0.5, 0.6) is 11.5 Å². The maximum atomic E-state index is 13.2. The Morgan fingerprint density at radius 1 is 0.806 bits per heavy atom. The van der Waals surface area contributed by atoms with Crippen molar-refractivity contribution in [2.45, 2.75) is 26.4 Å². The Balaban J connectivity index is 1.59. The van der Waals surface area contributed by atoms with E-state index in [-0.39, 0.29) is 5.97 Å². The molecule has 6 heteroatoms. The number of ether oxygens (including phenoxy) is 2. The summed E-state index contributed by atoms with van der Waals surface area (Å²) in [5.41, 5.74) is 8.06. The molecule has 2 heterocycles. The molecular weight excluding hydrogens is 468 g/mol. The van der Waals surface area contributed by atoms with Gasteiger partial charge in [-0.25, -0.2) is 4.79 Å². The molecule has 1 N–H and O–H groups in total. The highest BCUT2D eigenvalue weighted by atomic mass is 32.1. The van der Waals surface area contributed by atoms with Crippen LogP contribution in [0.4, 0.5) is 17.1 Å². The summed E-state index contributed by atoms with van der Waals surface area (Å²) in [5.74, 6) is 0.957. The van der Waals surface area contributed by atoms with Crippen LogP contribution in [0.2, 0.25) is 0 Å². The number of nitrogens with zero attached hydrogens (tertiary/aromatic N) is 1. The minimum absolute atomic E-state index is 0.343. The molecule has 4 aromatic carbocycles. The third kappa shape index (κ3) is 3.28. The Hall–Kier alpha value is -3.90. The Morgan fingerprint density at radius 3 is 2.33 bits per heavy atom. The van der Waals surface area contributed by atoms with Crippen molar-refractivity contribution in [3.63, 3.8) is 0 Å². The predicted octanol–water partition coefficient (Wildman–Crippen LogP) is 7.20. The Morgan fingerprint density at radius 2 is 1.56 bits per heavy atom. The van der Waals surface area contributed by atoms with Crippen molar-refractivity contribution in [1.82, 2.24) is 0 Å². The minimum atomic E-state index is -1.11. The number of hydrogen-bond donors (Lipinski definition) is 2. The van der Waals surface area contributed by atoms with E-state index in [1.165, 1.54) is 5.56 Å². The maximum Gasteiger partial charge on any atom is 0.340 e. The molecule has 1 spiro atoms. The summed E-state index contributed by atoms with van der Waals surface area (Å²) in [5, 5.41) is 3.59. The van der Waals surface area contributed by atoms with Gasteiger partial charge in [0.25, 0.3) is 0 Å². The molecule has 1 unspecified atom stereocenters. The molecule has 0 amide bonds. The van der Waals surface area contributed by atoms with Crippen LogP contribution >= 0.6 is 12.8 Å². The highest BCUT2D eigenvalue weighted by Gasteiger charge is 2.53. The Bertz CT molecular complexity index is 1560. The Kier molecular flexibility index (Phi) is 5.05. The molecule has 0 aromatic heterocycles. The zero-order valence-electron chi connectivity index (χ0n) is 20.5. The van der Waals surface area contributed by atoms with Crippen molar-refractivity contribution in [3.8, 4) is 11.5 Å². The van der Waals surface area contributed by atoms with Gasteiger partial charge >= 0.3 is 5.97 Å². The first-order chi connectivity index (χ1) is 17.3. The third-order valence-corrected chi connectivity index (χ3v) is 7.30. The van der Waals surface area contributed by atoms with E-state index in [2.05, 4.69) is 56.2 Å². The molecule has 0 saturated carbocycles.